The van der Waals surface area contributed by atoms with Gasteiger partial charge in [0.15, 0.2) is 11.6 Å². The fourth-order valence-corrected chi connectivity index (χ4v) is 3.92. The van der Waals surface area contributed by atoms with E-state index in [9.17, 15) is 14.4 Å². The molecule has 0 radical (unpaired) electrons. The van der Waals surface area contributed by atoms with Gasteiger partial charge in [-0.15, -0.1) is 0 Å². The van der Waals surface area contributed by atoms with Crippen molar-refractivity contribution in [1.29, 1.82) is 0 Å². The normalized spacial score (nSPS) is 14.4. The monoisotopic (exact) mass is 400 g/mol. The minimum Gasteiger partial charge on any atom is -0.496 e. The SMILES string of the molecule is C/C=C/C(=O)SC(CC=C(C)C)C1=CC(=O)c2c(OC)ccc(OC)c2C1=O. The molecule has 1 aliphatic carbocycles. The Bertz CT molecular complexity index is 888. The van der Waals surface area contributed by atoms with Gasteiger partial charge >= 0.3 is 0 Å². The molecule has 0 aromatic heterocycles. The molecule has 1 aromatic carbocycles. The highest BCUT2D eigenvalue weighted by Gasteiger charge is 2.35. The quantitative estimate of drug-likeness (QED) is 0.493. The molecule has 0 amide bonds. The topological polar surface area (TPSA) is 69.7 Å². The first kappa shape index (κ1) is 21.7. The number of carbonyl (C=O) groups excluding carboxylic acids is 3. The molecule has 0 heterocycles. The number of methoxy groups -OCH3 is 2. The summed E-state index contributed by atoms with van der Waals surface area (Å²) < 4.78 is 10.6. The van der Waals surface area contributed by atoms with Crippen LogP contribution in [0.1, 0.15) is 47.9 Å². The largest absolute Gasteiger partial charge is 0.496 e. The van der Waals surface area contributed by atoms with Crippen molar-refractivity contribution >= 4 is 28.4 Å². The second-order valence-electron chi connectivity index (χ2n) is 6.46. The van der Waals surface area contributed by atoms with E-state index >= 15 is 0 Å². The second kappa shape index (κ2) is 9.55. The van der Waals surface area contributed by atoms with E-state index in [2.05, 4.69) is 0 Å². The first-order valence-corrected chi connectivity index (χ1v) is 9.74. The first-order valence-electron chi connectivity index (χ1n) is 8.86. The van der Waals surface area contributed by atoms with Gasteiger partial charge in [-0.05, 0) is 51.5 Å². The minimum absolute atomic E-state index is 0.167. The summed E-state index contributed by atoms with van der Waals surface area (Å²) in [6, 6.07) is 3.21. The number of rotatable bonds is 7. The number of allylic oxidation sites excluding steroid dienone is 4. The highest BCUT2D eigenvalue weighted by Crippen LogP contribution is 2.39. The Labute approximate surface area is 169 Å². The van der Waals surface area contributed by atoms with Gasteiger partial charge in [-0.2, -0.15) is 0 Å². The molecular formula is C22H24O5S. The lowest BCUT2D eigenvalue weighted by atomic mass is 9.86. The van der Waals surface area contributed by atoms with Crippen LogP contribution in [0.25, 0.3) is 0 Å². The van der Waals surface area contributed by atoms with Gasteiger partial charge in [-0.25, -0.2) is 0 Å². The van der Waals surface area contributed by atoms with Crippen LogP contribution >= 0.6 is 11.8 Å². The Morgan fingerprint density at radius 3 is 2.25 bits per heavy atom. The second-order valence-corrected chi connectivity index (χ2v) is 7.66. The molecule has 5 nitrogen and oxygen atoms in total. The molecule has 0 saturated heterocycles. The van der Waals surface area contributed by atoms with Gasteiger partial charge in [-0.1, -0.05) is 29.5 Å². The van der Waals surface area contributed by atoms with E-state index in [1.807, 2.05) is 19.9 Å². The summed E-state index contributed by atoms with van der Waals surface area (Å²) in [7, 11) is 2.89. The summed E-state index contributed by atoms with van der Waals surface area (Å²) in [5.74, 6) is -0.0200. The third-order valence-electron chi connectivity index (χ3n) is 4.24. The molecule has 0 aliphatic heterocycles. The van der Waals surface area contributed by atoms with Gasteiger partial charge in [0, 0.05) is 10.8 Å². The number of carbonyl (C=O) groups is 3. The van der Waals surface area contributed by atoms with E-state index in [1.165, 1.54) is 26.4 Å². The Morgan fingerprint density at radius 1 is 1.11 bits per heavy atom. The molecule has 6 heteroatoms. The number of fused-ring (bicyclic) bond motifs is 1. The number of hydrogen-bond donors (Lipinski definition) is 0. The van der Waals surface area contributed by atoms with E-state index in [0.717, 1.165) is 17.3 Å². The standard InChI is InChI=1S/C22H24O5S/c1-6-7-19(24)28-18(11-8-13(2)3)14-12-15(23)20-16(26-4)9-10-17(27-5)21(20)22(14)25/h6-10,12,18H,11H2,1-5H3/b7-6+. The van der Waals surface area contributed by atoms with Gasteiger partial charge < -0.3 is 9.47 Å². The molecule has 28 heavy (non-hydrogen) atoms. The smallest absolute Gasteiger partial charge is 0.212 e. The number of thioether (sulfide) groups is 1. The van der Waals surface area contributed by atoms with Crippen molar-refractivity contribution in [3.05, 3.63) is 58.7 Å². The molecule has 0 bridgehead atoms. The fraction of sp³-hybridized carbons (Fsp3) is 0.318. The van der Waals surface area contributed by atoms with Crippen molar-refractivity contribution in [2.24, 2.45) is 0 Å². The van der Waals surface area contributed by atoms with E-state index in [-0.39, 0.29) is 27.8 Å². The lowest BCUT2D eigenvalue weighted by Gasteiger charge is -2.23. The Morgan fingerprint density at radius 2 is 1.71 bits per heavy atom. The molecule has 0 saturated carbocycles. The van der Waals surface area contributed by atoms with Crippen LogP contribution in [0, 0.1) is 0 Å². The molecule has 1 aromatic rings. The van der Waals surface area contributed by atoms with Gasteiger partial charge in [0.2, 0.25) is 5.12 Å². The van der Waals surface area contributed by atoms with Gasteiger partial charge in [-0.3, -0.25) is 14.4 Å². The average molecular weight is 400 g/mol. The first-order chi connectivity index (χ1) is 13.3. The van der Waals surface area contributed by atoms with Crippen molar-refractivity contribution in [3.8, 4) is 11.5 Å². The van der Waals surface area contributed by atoms with Gasteiger partial charge in [0.05, 0.1) is 25.3 Å². The maximum atomic E-state index is 13.3. The van der Waals surface area contributed by atoms with Gasteiger partial charge in [0.1, 0.15) is 11.5 Å². The Kier molecular flexibility index (Phi) is 7.40. The predicted molar refractivity (Wildman–Crippen MR) is 112 cm³/mol. The fourth-order valence-electron chi connectivity index (χ4n) is 2.93. The Hall–Kier alpha value is -2.60. The van der Waals surface area contributed by atoms with Gasteiger partial charge in [0.25, 0.3) is 0 Å². The molecule has 0 N–H and O–H groups in total. The van der Waals surface area contributed by atoms with E-state index in [1.54, 1.807) is 25.1 Å². The summed E-state index contributed by atoms with van der Waals surface area (Å²) in [6.45, 7) is 5.65. The lowest BCUT2D eigenvalue weighted by molar-refractivity contribution is -0.107. The van der Waals surface area contributed by atoms with Crippen molar-refractivity contribution in [2.75, 3.05) is 14.2 Å². The van der Waals surface area contributed by atoms with Crippen LogP contribution in [-0.2, 0) is 4.79 Å². The predicted octanol–water partition coefficient (Wildman–Crippen LogP) is 4.57. The van der Waals surface area contributed by atoms with Crippen LogP contribution in [0.3, 0.4) is 0 Å². The number of ether oxygens (including phenoxy) is 2. The minimum atomic E-state index is -0.473. The summed E-state index contributed by atoms with van der Waals surface area (Å²) in [5, 5.41) is -0.640. The zero-order valence-corrected chi connectivity index (χ0v) is 17.5. The van der Waals surface area contributed by atoms with Crippen molar-refractivity contribution in [1.82, 2.24) is 0 Å². The number of ketones is 2. The molecule has 1 unspecified atom stereocenters. The summed E-state index contributed by atoms with van der Waals surface area (Å²) in [5.41, 5.74) is 1.75. The van der Waals surface area contributed by atoms with Crippen LogP contribution in [0.15, 0.2) is 47.6 Å². The van der Waals surface area contributed by atoms with Crippen molar-refractivity contribution < 1.29 is 23.9 Å². The van der Waals surface area contributed by atoms with E-state index < -0.39 is 5.25 Å². The molecule has 0 fully saturated rings. The van der Waals surface area contributed by atoms with Crippen molar-refractivity contribution in [2.45, 2.75) is 32.4 Å². The lowest BCUT2D eigenvalue weighted by Crippen LogP contribution is -2.25. The summed E-state index contributed by atoms with van der Waals surface area (Å²) in [6.07, 6.45) is 6.85. The molecule has 148 valence electrons. The molecule has 1 atom stereocenters. The van der Waals surface area contributed by atoms with Crippen LogP contribution in [0.2, 0.25) is 0 Å². The summed E-state index contributed by atoms with van der Waals surface area (Å²) in [4.78, 5) is 38.4. The number of Topliss-reactive ketones (excluding diaryl/α,β-unsaturated/α-hetero) is 1. The number of benzene rings is 1. The average Bonchev–Trinajstić information content (AvgIpc) is 2.66. The van der Waals surface area contributed by atoms with Crippen molar-refractivity contribution in [3.63, 3.8) is 0 Å². The van der Waals surface area contributed by atoms with Crippen LogP contribution in [0.4, 0.5) is 0 Å². The maximum absolute atomic E-state index is 13.3. The van der Waals surface area contributed by atoms with Crippen LogP contribution in [-0.4, -0.2) is 36.2 Å². The van der Waals surface area contributed by atoms with E-state index in [0.29, 0.717) is 23.5 Å². The third-order valence-corrected chi connectivity index (χ3v) is 5.34. The highest BCUT2D eigenvalue weighted by atomic mass is 32.2. The number of hydrogen-bond acceptors (Lipinski definition) is 6. The zero-order valence-electron chi connectivity index (χ0n) is 16.7. The van der Waals surface area contributed by atoms with Crippen LogP contribution in [0.5, 0.6) is 11.5 Å². The molecule has 1 aliphatic rings. The molecule has 2 rings (SSSR count). The molecule has 0 spiro atoms. The maximum Gasteiger partial charge on any atom is 0.212 e. The zero-order chi connectivity index (χ0) is 20.8. The highest BCUT2D eigenvalue weighted by molar-refractivity contribution is 8.14. The molecular weight excluding hydrogens is 376 g/mol. The summed E-state index contributed by atoms with van der Waals surface area (Å²) >= 11 is 1.04. The van der Waals surface area contributed by atoms with E-state index in [4.69, 9.17) is 9.47 Å². The van der Waals surface area contributed by atoms with Crippen LogP contribution < -0.4 is 9.47 Å². The third kappa shape index (κ3) is 4.62. The Balaban J connectivity index is 2.55.